The number of hydrogen-bond donors (Lipinski definition) is 2. The minimum atomic E-state index is -0.449. The molecular weight excluding hydrogens is 466 g/mol. The van der Waals surface area contributed by atoms with Gasteiger partial charge in [-0.15, -0.1) is 0 Å². The van der Waals surface area contributed by atoms with Crippen molar-refractivity contribution in [1.29, 1.82) is 0 Å². The summed E-state index contributed by atoms with van der Waals surface area (Å²) in [5.41, 5.74) is 8.46. The van der Waals surface area contributed by atoms with Crippen molar-refractivity contribution in [2.45, 2.75) is 19.3 Å². The molecule has 0 saturated heterocycles. The van der Waals surface area contributed by atoms with Crippen LogP contribution in [0.1, 0.15) is 29.1 Å². The summed E-state index contributed by atoms with van der Waals surface area (Å²) in [4.78, 5) is 29.7. The molecule has 2 N–H and O–H groups in total. The third-order valence-electron chi connectivity index (χ3n) is 5.75. The van der Waals surface area contributed by atoms with E-state index in [-0.39, 0.29) is 12.3 Å². The molecule has 37 heavy (non-hydrogen) atoms. The van der Waals surface area contributed by atoms with Gasteiger partial charge >= 0.3 is 0 Å². The zero-order valence-electron chi connectivity index (χ0n) is 20.0. The highest BCUT2D eigenvalue weighted by Crippen LogP contribution is 2.24. The van der Waals surface area contributed by atoms with Crippen molar-refractivity contribution in [2.24, 2.45) is 0 Å². The molecule has 0 unspecified atom stereocenters. The van der Waals surface area contributed by atoms with E-state index in [4.69, 9.17) is 4.42 Å². The molecule has 0 saturated carbocycles. The third kappa shape index (κ3) is 5.82. The SMILES string of the molecule is O=C(CCCc1ncc(-c2ccccc2)o1)NNC(=O)c1cn(-c2ccccc2)nc1-c1ccccc1. The molecule has 2 heterocycles. The predicted molar refractivity (Wildman–Crippen MR) is 139 cm³/mol. The molecule has 3 aromatic carbocycles. The van der Waals surface area contributed by atoms with Crippen LogP contribution in [-0.4, -0.2) is 26.6 Å². The second kappa shape index (κ2) is 11.2. The van der Waals surface area contributed by atoms with Crippen LogP contribution >= 0.6 is 0 Å². The monoisotopic (exact) mass is 491 g/mol. The Morgan fingerprint density at radius 2 is 1.46 bits per heavy atom. The number of carbonyl (C=O) groups is 2. The van der Waals surface area contributed by atoms with E-state index in [2.05, 4.69) is 20.9 Å². The van der Waals surface area contributed by atoms with Gasteiger partial charge in [0.2, 0.25) is 5.91 Å². The van der Waals surface area contributed by atoms with E-state index in [1.54, 1.807) is 17.1 Å². The topological polar surface area (TPSA) is 102 Å². The summed E-state index contributed by atoms with van der Waals surface area (Å²) in [6, 6.07) is 28.7. The first-order valence-electron chi connectivity index (χ1n) is 12.0. The molecule has 5 aromatic rings. The number of rotatable bonds is 8. The minimum absolute atomic E-state index is 0.206. The molecular formula is C29H25N5O3. The van der Waals surface area contributed by atoms with Gasteiger partial charge in [-0.1, -0.05) is 78.9 Å². The smallest absolute Gasteiger partial charge is 0.273 e. The van der Waals surface area contributed by atoms with Crippen LogP contribution in [0.15, 0.2) is 108 Å². The minimum Gasteiger partial charge on any atom is -0.441 e. The maximum atomic E-state index is 13.0. The Balaban J connectivity index is 1.19. The van der Waals surface area contributed by atoms with Gasteiger partial charge < -0.3 is 4.42 Å². The normalized spacial score (nSPS) is 10.7. The predicted octanol–water partition coefficient (Wildman–Crippen LogP) is 4.98. The van der Waals surface area contributed by atoms with Crippen molar-refractivity contribution in [3.63, 3.8) is 0 Å². The lowest BCUT2D eigenvalue weighted by Gasteiger charge is -2.07. The van der Waals surface area contributed by atoms with Gasteiger partial charge in [0.1, 0.15) is 5.69 Å². The molecule has 184 valence electrons. The second-order valence-corrected chi connectivity index (χ2v) is 8.38. The summed E-state index contributed by atoms with van der Waals surface area (Å²) >= 11 is 0. The van der Waals surface area contributed by atoms with Crippen LogP contribution in [0.5, 0.6) is 0 Å². The molecule has 0 aliphatic heterocycles. The van der Waals surface area contributed by atoms with Crippen molar-refractivity contribution >= 4 is 11.8 Å². The van der Waals surface area contributed by atoms with Crippen molar-refractivity contribution in [2.75, 3.05) is 0 Å². The number of hydrogen-bond acceptors (Lipinski definition) is 5. The van der Waals surface area contributed by atoms with Gasteiger partial charge in [0.15, 0.2) is 11.7 Å². The quantitative estimate of drug-likeness (QED) is 0.298. The molecule has 0 spiro atoms. The van der Waals surface area contributed by atoms with Gasteiger partial charge in [0, 0.05) is 30.2 Å². The van der Waals surface area contributed by atoms with E-state index in [1.165, 1.54) is 0 Å². The highest BCUT2D eigenvalue weighted by atomic mass is 16.4. The number of oxazole rings is 1. The second-order valence-electron chi connectivity index (χ2n) is 8.38. The number of amides is 2. The zero-order valence-corrected chi connectivity index (χ0v) is 20.0. The van der Waals surface area contributed by atoms with Crippen LogP contribution < -0.4 is 10.9 Å². The number of benzene rings is 3. The highest BCUT2D eigenvalue weighted by molar-refractivity contribution is 6.00. The summed E-state index contributed by atoms with van der Waals surface area (Å²) in [5, 5.41) is 4.63. The van der Waals surface area contributed by atoms with Gasteiger partial charge in [-0.2, -0.15) is 5.10 Å². The Bertz CT molecular complexity index is 1480. The average Bonchev–Trinajstić information content (AvgIpc) is 3.61. The van der Waals surface area contributed by atoms with Gasteiger partial charge in [-0.3, -0.25) is 20.4 Å². The van der Waals surface area contributed by atoms with E-state index < -0.39 is 5.91 Å². The first-order chi connectivity index (χ1) is 18.2. The van der Waals surface area contributed by atoms with Crippen LogP contribution in [-0.2, 0) is 11.2 Å². The largest absolute Gasteiger partial charge is 0.441 e. The van der Waals surface area contributed by atoms with Gasteiger partial charge in [0.25, 0.3) is 5.91 Å². The van der Waals surface area contributed by atoms with Crippen molar-refractivity contribution < 1.29 is 14.0 Å². The Labute approximate surface area is 213 Å². The molecule has 0 aliphatic rings. The lowest BCUT2D eigenvalue weighted by Crippen LogP contribution is -2.41. The summed E-state index contributed by atoms with van der Waals surface area (Å²) in [6.07, 6.45) is 4.59. The maximum Gasteiger partial charge on any atom is 0.273 e. The number of hydrazine groups is 1. The summed E-state index contributed by atoms with van der Waals surface area (Å²) < 4.78 is 7.43. The van der Waals surface area contributed by atoms with Gasteiger partial charge in [-0.25, -0.2) is 9.67 Å². The molecule has 8 nitrogen and oxygen atoms in total. The highest BCUT2D eigenvalue weighted by Gasteiger charge is 2.19. The number of carbonyl (C=O) groups excluding carboxylic acids is 2. The summed E-state index contributed by atoms with van der Waals surface area (Å²) in [6.45, 7) is 0. The van der Waals surface area contributed by atoms with E-state index in [0.717, 1.165) is 16.8 Å². The molecule has 0 bridgehead atoms. The van der Waals surface area contributed by atoms with Gasteiger partial charge in [-0.05, 0) is 18.6 Å². The molecule has 2 aromatic heterocycles. The zero-order chi connectivity index (χ0) is 25.5. The van der Waals surface area contributed by atoms with E-state index in [9.17, 15) is 9.59 Å². The number of nitrogens with zero attached hydrogens (tertiary/aromatic N) is 3. The standard InChI is InChI=1S/C29H25N5O3/c35-26(17-10-18-27-30-19-25(37-27)21-11-4-1-5-12-21)31-32-29(36)24-20-34(23-15-8-3-9-16-23)33-28(24)22-13-6-2-7-14-22/h1-9,11-16,19-20H,10,17-18H2,(H,31,35)(H,32,36). The van der Waals surface area contributed by atoms with Crippen molar-refractivity contribution in [1.82, 2.24) is 25.6 Å². The molecule has 0 fully saturated rings. The summed E-state index contributed by atoms with van der Waals surface area (Å²) in [5.74, 6) is 0.503. The first-order valence-corrected chi connectivity index (χ1v) is 12.0. The maximum absolute atomic E-state index is 13.0. The lowest BCUT2D eigenvalue weighted by molar-refractivity contribution is -0.121. The molecule has 0 atom stereocenters. The van der Waals surface area contributed by atoms with Crippen LogP contribution in [0, 0.1) is 0 Å². The average molecular weight is 492 g/mol. The summed E-state index contributed by atoms with van der Waals surface area (Å²) in [7, 11) is 0. The van der Waals surface area contributed by atoms with E-state index >= 15 is 0 Å². The van der Waals surface area contributed by atoms with Crippen molar-refractivity contribution in [3.05, 3.63) is 115 Å². The Kier molecular flexibility index (Phi) is 7.17. The molecule has 0 radical (unpaired) electrons. The first kappa shape index (κ1) is 23.7. The lowest BCUT2D eigenvalue weighted by atomic mass is 10.1. The van der Waals surface area contributed by atoms with Crippen LogP contribution in [0.4, 0.5) is 0 Å². The fourth-order valence-electron chi connectivity index (χ4n) is 3.88. The Hall–Kier alpha value is -4.98. The van der Waals surface area contributed by atoms with Crippen molar-refractivity contribution in [3.8, 4) is 28.3 Å². The fourth-order valence-corrected chi connectivity index (χ4v) is 3.88. The number of aromatic nitrogens is 3. The number of nitrogens with one attached hydrogen (secondary N) is 2. The third-order valence-corrected chi connectivity index (χ3v) is 5.75. The molecule has 2 amide bonds. The van der Waals surface area contributed by atoms with Crippen LogP contribution in [0.3, 0.4) is 0 Å². The fraction of sp³-hybridized carbons (Fsp3) is 0.103. The number of aryl methyl sites for hydroxylation is 1. The number of para-hydroxylation sites is 1. The molecule has 0 aliphatic carbocycles. The van der Waals surface area contributed by atoms with E-state index in [0.29, 0.717) is 35.7 Å². The van der Waals surface area contributed by atoms with E-state index in [1.807, 2.05) is 91.0 Å². The Morgan fingerprint density at radius 3 is 2.16 bits per heavy atom. The molecule has 8 heteroatoms. The van der Waals surface area contributed by atoms with Crippen LogP contribution in [0.25, 0.3) is 28.3 Å². The van der Waals surface area contributed by atoms with Crippen LogP contribution in [0.2, 0.25) is 0 Å². The molecule has 5 rings (SSSR count). The van der Waals surface area contributed by atoms with Gasteiger partial charge in [0.05, 0.1) is 17.4 Å². The Morgan fingerprint density at radius 1 is 0.811 bits per heavy atom.